The highest BCUT2D eigenvalue weighted by Crippen LogP contribution is 2.20. The second kappa shape index (κ2) is 6.09. The van der Waals surface area contributed by atoms with Crippen molar-refractivity contribution in [3.8, 4) is 0 Å². The molecule has 0 aliphatic rings. The van der Waals surface area contributed by atoms with Crippen molar-refractivity contribution in [3.05, 3.63) is 81.2 Å². The summed E-state index contributed by atoms with van der Waals surface area (Å²) in [5, 5.41) is 10.8. The van der Waals surface area contributed by atoms with Gasteiger partial charge in [-0.3, -0.25) is 14.9 Å². The first-order valence-corrected chi connectivity index (χ1v) is 6.20. The average Bonchev–Trinajstić information content (AvgIpc) is 2.45. The zero-order valence-corrected chi connectivity index (χ0v) is 11.2. The second-order valence-corrected chi connectivity index (χ2v) is 4.51. The second-order valence-electron chi connectivity index (χ2n) is 4.51. The number of carbonyl (C=O) groups is 1. The van der Waals surface area contributed by atoms with Crippen LogP contribution in [0.4, 0.5) is 10.1 Å². The summed E-state index contributed by atoms with van der Waals surface area (Å²) in [4.78, 5) is 22.2. The molecule has 2 aromatic rings. The summed E-state index contributed by atoms with van der Waals surface area (Å²) in [6, 6.07) is 10.0. The molecular weight excluding hydrogens is 273 g/mol. The van der Waals surface area contributed by atoms with Gasteiger partial charge in [-0.2, -0.15) is 0 Å². The van der Waals surface area contributed by atoms with Crippen LogP contribution < -0.4 is 0 Å². The average molecular weight is 285 g/mol. The molecule has 2 aromatic carbocycles. The molecule has 0 bridgehead atoms. The van der Waals surface area contributed by atoms with Gasteiger partial charge in [0, 0.05) is 17.2 Å². The topological polar surface area (TPSA) is 60.2 Å². The van der Waals surface area contributed by atoms with Crippen molar-refractivity contribution in [2.45, 2.75) is 6.92 Å². The summed E-state index contributed by atoms with van der Waals surface area (Å²) in [6.07, 6.45) is 2.74. The summed E-state index contributed by atoms with van der Waals surface area (Å²) in [5.74, 6) is -0.849. The van der Waals surface area contributed by atoms with Gasteiger partial charge in [0.15, 0.2) is 5.78 Å². The van der Waals surface area contributed by atoms with Crippen LogP contribution >= 0.6 is 0 Å². The molecule has 4 nitrogen and oxygen atoms in total. The minimum atomic E-state index is -0.486. The molecule has 0 N–H and O–H groups in total. The van der Waals surface area contributed by atoms with E-state index >= 15 is 0 Å². The molecule has 0 fully saturated rings. The molecule has 0 aliphatic heterocycles. The Kier molecular flexibility index (Phi) is 4.23. The zero-order chi connectivity index (χ0) is 15.4. The van der Waals surface area contributed by atoms with Crippen LogP contribution in [0, 0.1) is 22.9 Å². The van der Waals surface area contributed by atoms with Gasteiger partial charge in [-0.25, -0.2) is 4.39 Å². The number of carbonyl (C=O) groups excluding carboxylic acids is 1. The lowest BCUT2D eigenvalue weighted by atomic mass is 10.1. The molecule has 106 valence electrons. The lowest BCUT2D eigenvalue weighted by molar-refractivity contribution is -0.385. The first-order valence-electron chi connectivity index (χ1n) is 6.20. The Morgan fingerprint density at radius 1 is 1.24 bits per heavy atom. The summed E-state index contributed by atoms with van der Waals surface area (Å²) < 4.78 is 13.0. The molecule has 0 unspecified atom stereocenters. The van der Waals surface area contributed by atoms with Crippen LogP contribution in [0.25, 0.3) is 6.08 Å². The number of hydrogen-bond donors (Lipinski definition) is 0. The van der Waals surface area contributed by atoms with Crippen LogP contribution in [0.5, 0.6) is 0 Å². The molecular formula is C16H12FNO3. The van der Waals surface area contributed by atoms with Gasteiger partial charge < -0.3 is 0 Å². The van der Waals surface area contributed by atoms with E-state index in [2.05, 4.69) is 0 Å². The minimum Gasteiger partial charge on any atom is -0.289 e. The third-order valence-corrected chi connectivity index (χ3v) is 2.97. The quantitative estimate of drug-likeness (QED) is 0.370. The molecule has 0 amide bonds. The number of nitro groups is 1. The van der Waals surface area contributed by atoms with E-state index in [0.29, 0.717) is 11.1 Å². The predicted molar refractivity (Wildman–Crippen MR) is 77.6 cm³/mol. The monoisotopic (exact) mass is 285 g/mol. The lowest BCUT2D eigenvalue weighted by Crippen LogP contribution is -1.95. The number of rotatable bonds is 4. The molecule has 0 spiro atoms. The van der Waals surface area contributed by atoms with Crippen LogP contribution in [0.3, 0.4) is 0 Å². The van der Waals surface area contributed by atoms with Crippen molar-refractivity contribution in [2.24, 2.45) is 0 Å². The van der Waals surface area contributed by atoms with Gasteiger partial charge in [-0.1, -0.05) is 30.3 Å². The van der Waals surface area contributed by atoms with Crippen LogP contribution in [0.2, 0.25) is 0 Å². The highest BCUT2D eigenvalue weighted by Gasteiger charge is 2.10. The Morgan fingerprint density at radius 3 is 2.67 bits per heavy atom. The van der Waals surface area contributed by atoms with Gasteiger partial charge in [-0.15, -0.1) is 0 Å². The molecule has 21 heavy (non-hydrogen) atoms. The maximum Gasteiger partial charge on any atom is 0.272 e. The maximum absolute atomic E-state index is 13.0. The smallest absolute Gasteiger partial charge is 0.272 e. The number of allylic oxidation sites excluding steroid dienone is 1. The number of hydrogen-bond acceptors (Lipinski definition) is 3. The zero-order valence-electron chi connectivity index (χ0n) is 11.2. The third-order valence-electron chi connectivity index (χ3n) is 2.97. The molecule has 0 aliphatic carbocycles. The SMILES string of the molecule is Cc1ccc(/C=C/C(=O)c2cccc(F)c2)cc1[N+](=O)[O-]. The van der Waals surface area contributed by atoms with Crippen LogP contribution in [0.15, 0.2) is 48.5 Å². The fourth-order valence-electron chi connectivity index (χ4n) is 1.84. The van der Waals surface area contributed by atoms with Crippen molar-refractivity contribution in [2.75, 3.05) is 0 Å². The normalized spacial score (nSPS) is 10.8. The molecule has 2 rings (SSSR count). The Morgan fingerprint density at radius 2 is 2.00 bits per heavy atom. The number of nitro benzene ring substituents is 1. The van der Waals surface area contributed by atoms with Gasteiger partial charge in [-0.05, 0) is 30.7 Å². The van der Waals surface area contributed by atoms with E-state index in [-0.39, 0.29) is 17.0 Å². The first-order chi connectivity index (χ1) is 9.97. The van der Waals surface area contributed by atoms with Crippen LogP contribution in [-0.4, -0.2) is 10.7 Å². The van der Waals surface area contributed by atoms with Crippen molar-refractivity contribution in [3.63, 3.8) is 0 Å². The van der Waals surface area contributed by atoms with E-state index in [1.165, 1.54) is 36.4 Å². The predicted octanol–water partition coefficient (Wildman–Crippen LogP) is 3.94. The molecule has 0 atom stereocenters. The van der Waals surface area contributed by atoms with Crippen molar-refractivity contribution in [1.29, 1.82) is 0 Å². The first kappa shape index (κ1) is 14.6. The third kappa shape index (κ3) is 3.60. The van der Waals surface area contributed by atoms with Crippen molar-refractivity contribution >= 4 is 17.5 Å². The van der Waals surface area contributed by atoms with E-state index in [4.69, 9.17) is 0 Å². The van der Waals surface area contributed by atoms with Gasteiger partial charge >= 0.3 is 0 Å². The Hall–Kier alpha value is -2.82. The van der Waals surface area contributed by atoms with Gasteiger partial charge in [0.2, 0.25) is 0 Å². The van der Waals surface area contributed by atoms with Crippen molar-refractivity contribution < 1.29 is 14.1 Å². The van der Waals surface area contributed by atoms with Gasteiger partial charge in [0.25, 0.3) is 5.69 Å². The van der Waals surface area contributed by atoms with Crippen LogP contribution in [0.1, 0.15) is 21.5 Å². The van der Waals surface area contributed by atoms with Crippen LogP contribution in [-0.2, 0) is 0 Å². The van der Waals surface area contributed by atoms with Gasteiger partial charge in [0.05, 0.1) is 4.92 Å². The number of benzene rings is 2. The molecule has 0 radical (unpaired) electrons. The van der Waals surface area contributed by atoms with Gasteiger partial charge in [0.1, 0.15) is 5.82 Å². The Labute approximate surface area is 120 Å². The number of halogens is 1. The number of ketones is 1. The Bertz CT molecular complexity index is 738. The standard InChI is InChI=1S/C16H12FNO3/c1-11-5-6-12(9-15(11)18(20)21)7-8-16(19)13-3-2-4-14(17)10-13/h2-10H,1H3/b8-7+. The summed E-state index contributed by atoms with van der Waals surface area (Å²) >= 11 is 0. The number of nitrogens with zero attached hydrogens (tertiary/aromatic N) is 1. The van der Waals surface area contributed by atoms with E-state index in [0.717, 1.165) is 6.07 Å². The molecule has 0 aromatic heterocycles. The molecule has 0 saturated heterocycles. The molecule has 5 heteroatoms. The summed E-state index contributed by atoms with van der Waals surface area (Å²) in [5.41, 5.74) is 1.31. The number of aryl methyl sites for hydroxylation is 1. The molecule has 0 saturated carbocycles. The molecule has 0 heterocycles. The summed E-state index contributed by atoms with van der Waals surface area (Å²) in [7, 11) is 0. The van der Waals surface area contributed by atoms with E-state index < -0.39 is 10.7 Å². The summed E-state index contributed by atoms with van der Waals surface area (Å²) in [6.45, 7) is 1.64. The van der Waals surface area contributed by atoms with E-state index in [9.17, 15) is 19.3 Å². The maximum atomic E-state index is 13.0. The highest BCUT2D eigenvalue weighted by atomic mass is 19.1. The minimum absolute atomic E-state index is 0.00430. The van der Waals surface area contributed by atoms with E-state index in [1.807, 2.05) is 0 Å². The fourth-order valence-corrected chi connectivity index (χ4v) is 1.84. The fraction of sp³-hybridized carbons (Fsp3) is 0.0625. The Balaban J connectivity index is 2.23. The largest absolute Gasteiger partial charge is 0.289 e. The van der Waals surface area contributed by atoms with E-state index in [1.54, 1.807) is 19.1 Å². The lowest BCUT2D eigenvalue weighted by Gasteiger charge is -1.99. The van der Waals surface area contributed by atoms with Crippen molar-refractivity contribution in [1.82, 2.24) is 0 Å². The highest BCUT2D eigenvalue weighted by molar-refractivity contribution is 6.06.